The van der Waals surface area contributed by atoms with Crippen LogP contribution in [0.2, 0.25) is 0 Å². The monoisotopic (exact) mass is 300 g/mol. The number of rotatable bonds is 4. The highest BCUT2D eigenvalue weighted by atomic mass is 16.5. The van der Waals surface area contributed by atoms with Crippen LogP contribution in [-0.4, -0.2) is 17.4 Å². The maximum Gasteiger partial charge on any atom is 0.322 e. The zero-order chi connectivity index (χ0) is 16.1. The van der Waals surface area contributed by atoms with Crippen LogP contribution in [0.3, 0.4) is 0 Å². The molecule has 2 aromatic carbocycles. The van der Waals surface area contributed by atoms with Crippen LogP contribution >= 0.6 is 0 Å². The molecule has 1 atom stereocenters. The fourth-order valence-electron chi connectivity index (χ4n) is 2.10. The molecule has 5 nitrogen and oxygen atoms in total. The van der Waals surface area contributed by atoms with Gasteiger partial charge in [0.1, 0.15) is 11.5 Å². The molecule has 0 spiro atoms. The Balaban J connectivity index is 1.92. The van der Waals surface area contributed by atoms with E-state index in [4.69, 9.17) is 4.74 Å². The quantitative estimate of drug-likeness (QED) is 0.756. The van der Waals surface area contributed by atoms with Gasteiger partial charge in [-0.3, -0.25) is 0 Å². The van der Waals surface area contributed by atoms with Crippen molar-refractivity contribution in [3.63, 3.8) is 0 Å². The number of nitrogens with one attached hydrogen (secondary N) is 2. The molecule has 3 N–H and O–H groups in total. The Kier molecular flexibility index (Phi) is 4.88. The van der Waals surface area contributed by atoms with Gasteiger partial charge in [-0.15, -0.1) is 0 Å². The number of carbonyl (C=O) groups is 1. The number of phenols is 1. The average Bonchev–Trinajstić information content (AvgIpc) is 2.45. The predicted molar refractivity (Wildman–Crippen MR) is 86.3 cm³/mol. The van der Waals surface area contributed by atoms with Crippen molar-refractivity contribution in [2.45, 2.75) is 27.0 Å². The molecule has 22 heavy (non-hydrogen) atoms. The lowest BCUT2D eigenvalue weighted by Crippen LogP contribution is -2.39. The van der Waals surface area contributed by atoms with E-state index in [1.54, 1.807) is 19.1 Å². The molecule has 0 bridgehead atoms. The molecule has 1 unspecified atom stereocenters. The minimum atomic E-state index is -0.506. The van der Waals surface area contributed by atoms with E-state index in [2.05, 4.69) is 10.6 Å². The van der Waals surface area contributed by atoms with Crippen LogP contribution < -0.4 is 15.4 Å². The largest absolute Gasteiger partial charge is 0.508 e. The van der Waals surface area contributed by atoms with Crippen LogP contribution in [0.25, 0.3) is 0 Å². The summed E-state index contributed by atoms with van der Waals surface area (Å²) in [5.74, 6) is 0.735. The van der Waals surface area contributed by atoms with Crippen molar-refractivity contribution in [3.05, 3.63) is 53.6 Å². The first-order chi connectivity index (χ1) is 10.5. The van der Waals surface area contributed by atoms with Crippen molar-refractivity contribution in [3.8, 4) is 11.5 Å². The summed E-state index contributed by atoms with van der Waals surface area (Å²) >= 11 is 0. The van der Waals surface area contributed by atoms with Crippen LogP contribution in [-0.2, 0) is 0 Å². The number of benzene rings is 2. The van der Waals surface area contributed by atoms with Gasteiger partial charge in [0.05, 0.1) is 0 Å². The lowest BCUT2D eigenvalue weighted by Gasteiger charge is -2.18. The lowest BCUT2D eigenvalue weighted by atomic mass is 10.1. The Morgan fingerprint density at radius 1 is 1.09 bits per heavy atom. The molecule has 5 heteroatoms. The molecule has 0 aliphatic carbocycles. The van der Waals surface area contributed by atoms with E-state index in [1.165, 1.54) is 12.1 Å². The summed E-state index contributed by atoms with van der Waals surface area (Å²) in [4.78, 5) is 12.0. The number of ether oxygens (including phenoxy) is 1. The Labute approximate surface area is 129 Å². The van der Waals surface area contributed by atoms with E-state index in [-0.39, 0.29) is 11.8 Å². The Hall–Kier alpha value is -2.69. The number of aryl methyl sites for hydroxylation is 2. The molecular formula is C17H20N2O3. The summed E-state index contributed by atoms with van der Waals surface area (Å²) in [7, 11) is 0. The first-order valence-corrected chi connectivity index (χ1v) is 7.05. The molecule has 116 valence electrons. The summed E-state index contributed by atoms with van der Waals surface area (Å²) in [6.07, 6.45) is -0.506. The van der Waals surface area contributed by atoms with Crippen molar-refractivity contribution in [1.82, 2.24) is 5.32 Å². The Morgan fingerprint density at radius 2 is 1.68 bits per heavy atom. The van der Waals surface area contributed by atoms with Crippen molar-refractivity contribution >= 4 is 11.7 Å². The number of para-hydroxylation sites is 1. The second kappa shape index (κ2) is 6.85. The van der Waals surface area contributed by atoms with Crippen molar-refractivity contribution in [2.24, 2.45) is 0 Å². The smallest absolute Gasteiger partial charge is 0.322 e. The molecule has 0 radical (unpaired) electrons. The van der Waals surface area contributed by atoms with Gasteiger partial charge in [-0.1, -0.05) is 18.2 Å². The van der Waals surface area contributed by atoms with Gasteiger partial charge in [-0.2, -0.15) is 0 Å². The SMILES string of the molecule is Cc1cccc(C)c1NC(=O)NC(C)Oc1ccc(O)cc1. The summed E-state index contributed by atoms with van der Waals surface area (Å²) in [5.41, 5.74) is 2.81. The molecule has 2 amide bonds. The van der Waals surface area contributed by atoms with E-state index in [9.17, 15) is 9.90 Å². The van der Waals surface area contributed by atoms with Gasteiger partial charge < -0.3 is 20.5 Å². The van der Waals surface area contributed by atoms with Crippen LogP contribution in [0.15, 0.2) is 42.5 Å². The van der Waals surface area contributed by atoms with Crippen LogP contribution in [0.4, 0.5) is 10.5 Å². The van der Waals surface area contributed by atoms with Crippen molar-refractivity contribution in [2.75, 3.05) is 5.32 Å². The number of urea groups is 1. The molecule has 0 aromatic heterocycles. The molecular weight excluding hydrogens is 280 g/mol. The third kappa shape index (κ3) is 4.15. The predicted octanol–water partition coefficient (Wildman–Crippen LogP) is 3.56. The summed E-state index contributed by atoms with van der Waals surface area (Å²) in [6.45, 7) is 5.62. The molecule has 0 fully saturated rings. The number of aromatic hydroxyl groups is 1. The fraction of sp³-hybridized carbons (Fsp3) is 0.235. The van der Waals surface area contributed by atoms with Gasteiger partial charge in [-0.25, -0.2) is 4.79 Å². The highest BCUT2D eigenvalue weighted by Gasteiger charge is 2.11. The summed E-state index contributed by atoms with van der Waals surface area (Å²) in [5, 5.41) is 14.8. The molecule has 0 aliphatic heterocycles. The number of hydrogen-bond donors (Lipinski definition) is 3. The second-order valence-corrected chi connectivity index (χ2v) is 5.12. The van der Waals surface area contributed by atoms with E-state index < -0.39 is 6.23 Å². The Morgan fingerprint density at radius 3 is 2.27 bits per heavy atom. The van der Waals surface area contributed by atoms with Gasteiger partial charge in [0.2, 0.25) is 0 Å². The van der Waals surface area contributed by atoms with E-state index in [1.807, 2.05) is 32.0 Å². The molecule has 0 heterocycles. The molecule has 2 aromatic rings. The third-order valence-electron chi connectivity index (χ3n) is 3.20. The number of anilines is 1. The molecule has 0 saturated carbocycles. The fourth-order valence-corrected chi connectivity index (χ4v) is 2.10. The maximum absolute atomic E-state index is 12.0. The highest BCUT2D eigenvalue weighted by molar-refractivity contribution is 5.91. The summed E-state index contributed by atoms with van der Waals surface area (Å²) in [6, 6.07) is 11.8. The number of hydrogen-bond acceptors (Lipinski definition) is 3. The average molecular weight is 300 g/mol. The Bertz CT molecular complexity index is 633. The first-order valence-electron chi connectivity index (χ1n) is 7.05. The number of carbonyl (C=O) groups excluding carboxylic acids is 1. The van der Waals surface area contributed by atoms with Gasteiger partial charge in [0.15, 0.2) is 6.23 Å². The minimum Gasteiger partial charge on any atom is -0.508 e. The topological polar surface area (TPSA) is 70.6 Å². The third-order valence-corrected chi connectivity index (χ3v) is 3.20. The van der Waals surface area contributed by atoms with Crippen molar-refractivity contribution in [1.29, 1.82) is 0 Å². The van der Waals surface area contributed by atoms with E-state index >= 15 is 0 Å². The van der Waals surface area contributed by atoms with Gasteiger partial charge in [-0.05, 0) is 56.2 Å². The van der Waals surface area contributed by atoms with E-state index in [0.29, 0.717) is 5.75 Å². The van der Waals surface area contributed by atoms with Gasteiger partial charge in [0, 0.05) is 5.69 Å². The molecule has 0 aliphatic rings. The minimum absolute atomic E-state index is 0.167. The van der Waals surface area contributed by atoms with Crippen LogP contribution in [0.5, 0.6) is 11.5 Å². The zero-order valence-corrected chi connectivity index (χ0v) is 12.9. The standard InChI is InChI=1S/C17H20N2O3/c1-11-5-4-6-12(2)16(11)19-17(21)18-13(3)22-15-9-7-14(20)8-10-15/h4-10,13,20H,1-3H3,(H2,18,19,21). The summed E-state index contributed by atoms with van der Waals surface area (Å²) < 4.78 is 5.56. The second-order valence-electron chi connectivity index (χ2n) is 5.12. The van der Waals surface area contributed by atoms with Crippen molar-refractivity contribution < 1.29 is 14.6 Å². The van der Waals surface area contributed by atoms with Gasteiger partial charge in [0.25, 0.3) is 0 Å². The first kappa shape index (κ1) is 15.7. The number of amides is 2. The van der Waals surface area contributed by atoms with Crippen LogP contribution in [0.1, 0.15) is 18.1 Å². The van der Waals surface area contributed by atoms with Gasteiger partial charge >= 0.3 is 6.03 Å². The maximum atomic E-state index is 12.0. The van der Waals surface area contributed by atoms with E-state index in [0.717, 1.165) is 16.8 Å². The zero-order valence-electron chi connectivity index (χ0n) is 12.9. The number of phenolic OH excluding ortho intramolecular Hbond substituents is 1. The molecule has 0 saturated heterocycles. The van der Waals surface area contributed by atoms with Crippen LogP contribution in [0, 0.1) is 13.8 Å². The normalized spacial score (nSPS) is 11.6. The molecule has 2 rings (SSSR count). The lowest BCUT2D eigenvalue weighted by molar-refractivity contribution is 0.183. The highest BCUT2D eigenvalue weighted by Crippen LogP contribution is 2.19.